The standard InChI is InChI=1S/C15H17F3N2O4/c16-15(17,18)12-7-10(3-6-13(12)20-23)19-9-1-4-11(5-2-9)24-8-14(21)22/h3,6-7,9,11,19H,1-2,4-5,8H2,(H,21,22). The molecule has 9 heteroatoms. The number of ether oxygens (including phenoxy) is 1. The number of nitroso groups, excluding NO2 is 1. The average molecular weight is 346 g/mol. The molecule has 0 bridgehead atoms. The minimum absolute atomic E-state index is 0.0363. The predicted molar refractivity (Wildman–Crippen MR) is 80.2 cm³/mol. The third-order valence-corrected chi connectivity index (χ3v) is 3.89. The van der Waals surface area contributed by atoms with E-state index in [0.29, 0.717) is 25.7 Å². The Bertz CT molecular complexity index is 599. The minimum Gasteiger partial charge on any atom is -0.480 e. The molecule has 0 atom stereocenters. The van der Waals surface area contributed by atoms with E-state index in [-0.39, 0.29) is 24.4 Å². The lowest BCUT2D eigenvalue weighted by Gasteiger charge is -2.29. The van der Waals surface area contributed by atoms with Gasteiger partial charge in [-0.2, -0.15) is 13.2 Å². The van der Waals surface area contributed by atoms with Gasteiger partial charge >= 0.3 is 12.1 Å². The van der Waals surface area contributed by atoms with Crippen molar-refractivity contribution in [3.63, 3.8) is 0 Å². The van der Waals surface area contributed by atoms with Crippen LogP contribution in [0.2, 0.25) is 0 Å². The van der Waals surface area contributed by atoms with Crippen LogP contribution in [0.25, 0.3) is 0 Å². The summed E-state index contributed by atoms with van der Waals surface area (Å²) in [7, 11) is 0. The van der Waals surface area contributed by atoms with Crippen molar-refractivity contribution < 1.29 is 27.8 Å². The molecule has 1 fully saturated rings. The molecule has 2 N–H and O–H groups in total. The van der Waals surface area contributed by atoms with E-state index in [4.69, 9.17) is 9.84 Å². The summed E-state index contributed by atoms with van der Waals surface area (Å²) in [5.74, 6) is -1.03. The van der Waals surface area contributed by atoms with Crippen LogP contribution in [0.5, 0.6) is 0 Å². The lowest BCUT2D eigenvalue weighted by Crippen LogP contribution is -2.30. The van der Waals surface area contributed by atoms with Gasteiger partial charge in [0.25, 0.3) is 0 Å². The number of carboxylic acid groups (broad SMARTS) is 1. The number of nitrogens with zero attached hydrogens (tertiary/aromatic N) is 1. The van der Waals surface area contributed by atoms with Crippen LogP contribution in [-0.2, 0) is 15.7 Å². The lowest BCUT2D eigenvalue weighted by molar-refractivity contribution is -0.145. The van der Waals surface area contributed by atoms with Gasteiger partial charge in [-0.05, 0) is 49.1 Å². The molecule has 1 aliphatic rings. The molecule has 0 saturated heterocycles. The SMILES string of the molecule is O=Nc1ccc(NC2CCC(OCC(=O)O)CC2)cc1C(F)(F)F. The van der Waals surface area contributed by atoms with E-state index in [0.717, 1.165) is 12.1 Å². The fourth-order valence-electron chi connectivity index (χ4n) is 2.73. The molecule has 1 aliphatic carbocycles. The van der Waals surface area contributed by atoms with Crippen LogP contribution in [0.1, 0.15) is 31.2 Å². The van der Waals surface area contributed by atoms with Gasteiger partial charge in [-0.3, -0.25) is 0 Å². The number of hydrogen-bond acceptors (Lipinski definition) is 5. The maximum absolute atomic E-state index is 12.9. The van der Waals surface area contributed by atoms with E-state index in [2.05, 4.69) is 10.5 Å². The molecule has 1 aromatic carbocycles. The van der Waals surface area contributed by atoms with Crippen LogP contribution < -0.4 is 5.32 Å². The largest absolute Gasteiger partial charge is 0.480 e. The summed E-state index contributed by atoms with van der Waals surface area (Å²) in [6, 6.07) is 3.27. The number of hydrogen-bond donors (Lipinski definition) is 2. The summed E-state index contributed by atoms with van der Waals surface area (Å²) >= 11 is 0. The Morgan fingerprint density at radius 3 is 2.50 bits per heavy atom. The predicted octanol–water partition coefficient (Wildman–Crippen LogP) is 3.93. The zero-order valence-electron chi connectivity index (χ0n) is 12.7. The van der Waals surface area contributed by atoms with Crippen LogP contribution in [-0.4, -0.2) is 29.8 Å². The zero-order valence-corrected chi connectivity index (χ0v) is 12.7. The molecule has 0 aliphatic heterocycles. The fourth-order valence-corrected chi connectivity index (χ4v) is 2.73. The van der Waals surface area contributed by atoms with Crippen molar-refractivity contribution in [2.75, 3.05) is 11.9 Å². The Labute approximate surface area is 136 Å². The van der Waals surface area contributed by atoms with Gasteiger partial charge in [-0.15, -0.1) is 4.91 Å². The first-order valence-electron chi connectivity index (χ1n) is 7.44. The van der Waals surface area contributed by atoms with Crippen LogP contribution in [0, 0.1) is 4.91 Å². The average Bonchev–Trinajstić information content (AvgIpc) is 2.53. The molecule has 2 rings (SSSR count). The molecule has 0 unspecified atom stereocenters. The second-order valence-corrected chi connectivity index (χ2v) is 5.64. The third-order valence-electron chi connectivity index (χ3n) is 3.89. The highest BCUT2D eigenvalue weighted by Gasteiger charge is 2.34. The Hall–Kier alpha value is -2.16. The van der Waals surface area contributed by atoms with Gasteiger partial charge in [-0.1, -0.05) is 0 Å². The molecule has 6 nitrogen and oxygen atoms in total. The van der Waals surface area contributed by atoms with E-state index < -0.39 is 23.4 Å². The summed E-state index contributed by atoms with van der Waals surface area (Å²) in [5.41, 5.74) is -1.44. The first-order valence-corrected chi connectivity index (χ1v) is 7.44. The van der Waals surface area contributed by atoms with Crippen molar-refractivity contribution in [3.05, 3.63) is 28.7 Å². The molecule has 24 heavy (non-hydrogen) atoms. The van der Waals surface area contributed by atoms with Crippen LogP contribution in [0.15, 0.2) is 23.4 Å². The summed E-state index contributed by atoms with van der Waals surface area (Å²) in [5, 5.41) is 14.0. The van der Waals surface area contributed by atoms with Gasteiger partial charge in [0.2, 0.25) is 0 Å². The van der Waals surface area contributed by atoms with Crippen molar-refractivity contribution in [1.29, 1.82) is 0 Å². The maximum atomic E-state index is 12.9. The molecule has 0 spiro atoms. The van der Waals surface area contributed by atoms with E-state index in [9.17, 15) is 22.9 Å². The van der Waals surface area contributed by atoms with E-state index >= 15 is 0 Å². The molecular weight excluding hydrogens is 329 g/mol. The van der Waals surface area contributed by atoms with Gasteiger partial charge in [0.05, 0.1) is 11.7 Å². The normalized spacial score (nSPS) is 21.3. The Kier molecular flexibility index (Phi) is 5.76. The molecular formula is C15H17F3N2O4. The second-order valence-electron chi connectivity index (χ2n) is 5.64. The van der Waals surface area contributed by atoms with E-state index in [1.54, 1.807) is 0 Å². The number of rotatable bonds is 6. The number of carbonyl (C=O) groups is 1. The Morgan fingerprint density at radius 2 is 1.96 bits per heavy atom. The highest BCUT2D eigenvalue weighted by atomic mass is 19.4. The van der Waals surface area contributed by atoms with Crippen molar-refractivity contribution in [2.45, 2.75) is 44.0 Å². The summed E-state index contributed by atoms with van der Waals surface area (Å²) in [6.07, 6.45) is -2.23. The van der Waals surface area contributed by atoms with E-state index in [1.165, 1.54) is 6.07 Å². The molecule has 0 radical (unpaired) electrons. The van der Waals surface area contributed by atoms with Crippen molar-refractivity contribution in [2.24, 2.45) is 5.18 Å². The van der Waals surface area contributed by atoms with Crippen molar-refractivity contribution in [3.8, 4) is 0 Å². The lowest BCUT2D eigenvalue weighted by atomic mass is 9.92. The fraction of sp³-hybridized carbons (Fsp3) is 0.533. The second kappa shape index (κ2) is 7.61. The third kappa shape index (κ3) is 4.92. The molecule has 1 aromatic rings. The van der Waals surface area contributed by atoms with Gasteiger partial charge in [0.1, 0.15) is 12.3 Å². The highest BCUT2D eigenvalue weighted by Crippen LogP contribution is 2.38. The van der Waals surface area contributed by atoms with Crippen LogP contribution in [0.3, 0.4) is 0 Å². The number of anilines is 1. The topological polar surface area (TPSA) is 88.0 Å². The Balaban J connectivity index is 1.95. The smallest absolute Gasteiger partial charge is 0.418 e. The number of benzene rings is 1. The van der Waals surface area contributed by atoms with Crippen molar-refractivity contribution in [1.82, 2.24) is 0 Å². The zero-order chi connectivity index (χ0) is 17.7. The maximum Gasteiger partial charge on any atom is 0.418 e. The molecule has 1 saturated carbocycles. The first kappa shape index (κ1) is 18.2. The van der Waals surface area contributed by atoms with E-state index in [1.807, 2.05) is 0 Å². The quantitative estimate of drug-likeness (QED) is 0.762. The van der Waals surface area contributed by atoms with Gasteiger partial charge in [-0.25, -0.2) is 4.79 Å². The first-order chi connectivity index (χ1) is 11.3. The number of carboxylic acids is 1. The highest BCUT2D eigenvalue weighted by molar-refractivity contribution is 5.68. The summed E-state index contributed by atoms with van der Waals surface area (Å²) in [4.78, 5) is 20.9. The minimum atomic E-state index is -4.65. The number of halogens is 3. The Morgan fingerprint density at radius 1 is 1.29 bits per heavy atom. The van der Waals surface area contributed by atoms with Crippen LogP contribution in [0.4, 0.5) is 24.5 Å². The monoisotopic (exact) mass is 346 g/mol. The van der Waals surface area contributed by atoms with Crippen molar-refractivity contribution >= 4 is 17.3 Å². The molecule has 0 aromatic heterocycles. The number of aliphatic carboxylic acids is 1. The van der Waals surface area contributed by atoms with Gasteiger partial charge < -0.3 is 15.2 Å². The summed E-state index contributed by atoms with van der Waals surface area (Å²) < 4.78 is 43.9. The number of alkyl halides is 3. The molecule has 0 amide bonds. The summed E-state index contributed by atoms with van der Waals surface area (Å²) in [6.45, 7) is -0.349. The van der Waals surface area contributed by atoms with Gasteiger partial charge in [0, 0.05) is 11.7 Å². The molecule has 0 heterocycles. The number of nitrogens with one attached hydrogen (secondary N) is 1. The van der Waals surface area contributed by atoms with Crippen LogP contribution >= 0.6 is 0 Å². The van der Waals surface area contributed by atoms with Gasteiger partial charge in [0.15, 0.2) is 0 Å². The molecule has 132 valence electrons.